The molecule has 0 radical (unpaired) electrons. The highest BCUT2D eigenvalue weighted by atomic mass is 35.5. The van der Waals surface area contributed by atoms with Gasteiger partial charge in [-0.3, -0.25) is 5.32 Å². The third kappa shape index (κ3) is 6.24. The number of hydrogen-bond donors (Lipinski definition) is 3. The number of carbonyl (C=O) groups excluding carboxylic acids is 1. The average Bonchev–Trinajstić information content (AvgIpc) is 2.32. The summed E-state index contributed by atoms with van der Waals surface area (Å²) < 4.78 is 0. The first-order valence-electron chi connectivity index (χ1n) is 6.16. The van der Waals surface area contributed by atoms with Gasteiger partial charge in [0.25, 0.3) is 0 Å². The maximum absolute atomic E-state index is 10.9. The SMILES string of the molecule is CC/C=C\N=C(NC(N)=O)Nc1ccc(C)cc1C.Cl. The van der Waals surface area contributed by atoms with Crippen molar-refractivity contribution < 1.29 is 4.79 Å². The molecule has 1 aromatic rings. The number of anilines is 1. The monoisotopic (exact) mass is 296 g/mol. The predicted octanol–water partition coefficient (Wildman–Crippen LogP) is 3.09. The first-order valence-corrected chi connectivity index (χ1v) is 6.16. The fourth-order valence-electron chi connectivity index (χ4n) is 1.53. The number of nitrogens with zero attached hydrogens (tertiary/aromatic N) is 1. The van der Waals surface area contributed by atoms with Crippen molar-refractivity contribution >= 4 is 30.1 Å². The molecule has 0 fully saturated rings. The second-order valence-electron chi connectivity index (χ2n) is 4.20. The lowest BCUT2D eigenvalue weighted by Gasteiger charge is -2.12. The summed E-state index contributed by atoms with van der Waals surface area (Å²) in [6.45, 7) is 6.02. The summed E-state index contributed by atoms with van der Waals surface area (Å²) >= 11 is 0. The van der Waals surface area contributed by atoms with E-state index in [1.54, 1.807) is 6.20 Å². The van der Waals surface area contributed by atoms with E-state index >= 15 is 0 Å². The summed E-state index contributed by atoms with van der Waals surface area (Å²) in [6, 6.07) is 5.32. The molecule has 2 amide bonds. The van der Waals surface area contributed by atoms with Crippen molar-refractivity contribution in [2.75, 3.05) is 5.32 Å². The third-order valence-corrected chi connectivity index (χ3v) is 2.42. The van der Waals surface area contributed by atoms with Gasteiger partial charge in [-0.05, 0) is 31.9 Å². The van der Waals surface area contributed by atoms with E-state index in [0.717, 1.165) is 17.7 Å². The van der Waals surface area contributed by atoms with Crippen LogP contribution in [0.2, 0.25) is 0 Å². The molecule has 0 saturated carbocycles. The Hall–Kier alpha value is -2.01. The van der Waals surface area contributed by atoms with Crippen molar-refractivity contribution in [1.29, 1.82) is 0 Å². The van der Waals surface area contributed by atoms with E-state index < -0.39 is 6.03 Å². The molecule has 0 unspecified atom stereocenters. The van der Waals surface area contributed by atoms with Gasteiger partial charge in [-0.25, -0.2) is 9.79 Å². The van der Waals surface area contributed by atoms with E-state index in [1.807, 2.05) is 45.0 Å². The molecule has 0 atom stereocenters. The maximum atomic E-state index is 10.9. The predicted molar refractivity (Wildman–Crippen MR) is 86.4 cm³/mol. The number of nitrogens with one attached hydrogen (secondary N) is 2. The zero-order valence-corrected chi connectivity index (χ0v) is 12.8. The number of primary amides is 1. The summed E-state index contributed by atoms with van der Waals surface area (Å²) in [5.41, 5.74) is 8.24. The minimum atomic E-state index is -0.652. The van der Waals surface area contributed by atoms with Crippen LogP contribution in [0.3, 0.4) is 0 Å². The molecule has 110 valence electrons. The Morgan fingerprint density at radius 3 is 2.65 bits per heavy atom. The Labute approximate surface area is 125 Å². The summed E-state index contributed by atoms with van der Waals surface area (Å²) in [7, 11) is 0. The van der Waals surface area contributed by atoms with Gasteiger partial charge in [-0.2, -0.15) is 0 Å². The molecule has 5 nitrogen and oxygen atoms in total. The van der Waals surface area contributed by atoms with Crippen LogP contribution in [0.1, 0.15) is 24.5 Å². The molecule has 0 bridgehead atoms. The average molecular weight is 297 g/mol. The molecular weight excluding hydrogens is 276 g/mol. The summed E-state index contributed by atoms with van der Waals surface area (Å²) in [4.78, 5) is 15.1. The number of aryl methyl sites for hydroxylation is 2. The van der Waals surface area contributed by atoms with Crippen LogP contribution < -0.4 is 16.4 Å². The molecule has 20 heavy (non-hydrogen) atoms. The van der Waals surface area contributed by atoms with Crippen LogP contribution in [0, 0.1) is 13.8 Å². The fourth-order valence-corrected chi connectivity index (χ4v) is 1.53. The number of benzene rings is 1. The van der Waals surface area contributed by atoms with Crippen molar-refractivity contribution in [2.45, 2.75) is 27.2 Å². The summed E-state index contributed by atoms with van der Waals surface area (Å²) in [5.74, 6) is 0.309. The van der Waals surface area contributed by atoms with Crippen molar-refractivity contribution in [3.63, 3.8) is 0 Å². The normalized spacial score (nSPS) is 11.1. The summed E-state index contributed by atoms with van der Waals surface area (Å²) in [5, 5.41) is 5.51. The molecule has 0 spiro atoms. The van der Waals surface area contributed by atoms with Gasteiger partial charge < -0.3 is 11.1 Å². The van der Waals surface area contributed by atoms with Gasteiger partial charge in [0.15, 0.2) is 0 Å². The van der Waals surface area contributed by atoms with Gasteiger partial charge in [0.2, 0.25) is 5.96 Å². The lowest BCUT2D eigenvalue weighted by atomic mass is 10.1. The second-order valence-corrected chi connectivity index (χ2v) is 4.20. The first kappa shape index (κ1) is 18.0. The Bertz CT molecular complexity index is 512. The molecule has 0 heterocycles. The first-order chi connectivity index (χ1) is 9.02. The van der Waals surface area contributed by atoms with Crippen LogP contribution in [0.25, 0.3) is 0 Å². The smallest absolute Gasteiger partial charge is 0.318 e. The topological polar surface area (TPSA) is 79.5 Å². The number of guanidine groups is 1. The Morgan fingerprint density at radius 1 is 1.40 bits per heavy atom. The molecular formula is C14H21ClN4O. The largest absolute Gasteiger partial charge is 0.351 e. The highest BCUT2D eigenvalue weighted by Crippen LogP contribution is 2.15. The lowest BCUT2D eigenvalue weighted by Crippen LogP contribution is -2.39. The quantitative estimate of drug-likeness (QED) is 0.592. The van der Waals surface area contributed by atoms with Crippen LogP contribution in [0.4, 0.5) is 10.5 Å². The van der Waals surface area contributed by atoms with Crippen molar-refractivity contribution in [3.05, 3.63) is 41.6 Å². The van der Waals surface area contributed by atoms with Crippen LogP contribution in [-0.4, -0.2) is 12.0 Å². The van der Waals surface area contributed by atoms with Gasteiger partial charge in [0, 0.05) is 11.9 Å². The minimum absolute atomic E-state index is 0. The lowest BCUT2D eigenvalue weighted by molar-refractivity contribution is 0.253. The number of halogens is 1. The third-order valence-electron chi connectivity index (χ3n) is 2.42. The van der Waals surface area contributed by atoms with E-state index in [1.165, 1.54) is 5.56 Å². The fraction of sp³-hybridized carbons (Fsp3) is 0.286. The van der Waals surface area contributed by atoms with Crippen molar-refractivity contribution in [1.82, 2.24) is 5.32 Å². The number of hydrogen-bond acceptors (Lipinski definition) is 2. The zero-order chi connectivity index (χ0) is 14.3. The molecule has 6 heteroatoms. The molecule has 0 aromatic heterocycles. The molecule has 1 aromatic carbocycles. The van der Waals surface area contributed by atoms with Gasteiger partial charge in [-0.15, -0.1) is 12.4 Å². The Morgan fingerprint density at radius 2 is 2.10 bits per heavy atom. The number of rotatable bonds is 3. The molecule has 0 aliphatic carbocycles. The number of urea groups is 1. The van der Waals surface area contributed by atoms with Crippen LogP contribution in [-0.2, 0) is 0 Å². The van der Waals surface area contributed by atoms with Crippen LogP contribution in [0.5, 0.6) is 0 Å². The van der Waals surface area contributed by atoms with Gasteiger partial charge >= 0.3 is 6.03 Å². The number of amides is 2. The standard InChI is InChI=1S/C14H20N4O.ClH/c1-4-5-8-16-14(18-13(15)19)17-12-7-6-10(2)9-11(12)3;/h5-9H,4H2,1-3H3,(H4,15,16,17,18,19);1H/b8-5-;. The van der Waals surface area contributed by atoms with Crippen molar-refractivity contribution in [2.24, 2.45) is 10.7 Å². The zero-order valence-electron chi connectivity index (χ0n) is 11.9. The Kier molecular flexibility index (Phi) is 8.08. The Balaban J connectivity index is 0.00000361. The van der Waals surface area contributed by atoms with E-state index in [-0.39, 0.29) is 12.4 Å². The molecule has 1 rings (SSSR count). The second kappa shape index (κ2) is 8.98. The van der Waals surface area contributed by atoms with Crippen LogP contribution >= 0.6 is 12.4 Å². The van der Waals surface area contributed by atoms with Crippen molar-refractivity contribution in [3.8, 4) is 0 Å². The summed E-state index contributed by atoms with van der Waals surface area (Å²) in [6.07, 6.45) is 4.38. The highest BCUT2D eigenvalue weighted by Gasteiger charge is 2.04. The van der Waals surface area contributed by atoms with E-state index in [0.29, 0.717) is 5.96 Å². The molecule has 0 aliphatic rings. The number of allylic oxidation sites excluding steroid dienone is 1. The molecule has 0 aliphatic heterocycles. The minimum Gasteiger partial charge on any atom is -0.351 e. The van der Waals surface area contributed by atoms with E-state index in [2.05, 4.69) is 15.6 Å². The molecule has 4 N–H and O–H groups in total. The van der Waals surface area contributed by atoms with E-state index in [9.17, 15) is 4.79 Å². The number of carbonyl (C=O) groups is 1. The van der Waals surface area contributed by atoms with Gasteiger partial charge in [0.1, 0.15) is 0 Å². The van der Waals surface area contributed by atoms with E-state index in [4.69, 9.17) is 5.73 Å². The van der Waals surface area contributed by atoms with Gasteiger partial charge in [0.05, 0.1) is 0 Å². The molecule has 0 saturated heterocycles. The highest BCUT2D eigenvalue weighted by molar-refractivity contribution is 6.03. The van der Waals surface area contributed by atoms with Gasteiger partial charge in [-0.1, -0.05) is 30.7 Å². The van der Waals surface area contributed by atoms with Crippen LogP contribution in [0.15, 0.2) is 35.5 Å². The number of aliphatic imine (C=N–C) groups is 1. The number of nitrogens with two attached hydrogens (primary N) is 1. The maximum Gasteiger partial charge on any atom is 0.318 e.